The second-order valence-electron chi connectivity index (χ2n) is 4.22. The van der Waals surface area contributed by atoms with E-state index >= 15 is 0 Å². The third kappa shape index (κ3) is 4.02. The van der Waals surface area contributed by atoms with Gasteiger partial charge in [0.25, 0.3) is 10.0 Å². The van der Waals surface area contributed by atoms with Crippen LogP contribution in [0, 0.1) is 3.57 Å². The molecule has 8 heteroatoms. The topological polar surface area (TPSA) is 66.5 Å². The molecule has 0 saturated carbocycles. The molecule has 0 spiro atoms. The fraction of sp³-hybridized carbons (Fsp3) is 0.154. The van der Waals surface area contributed by atoms with E-state index < -0.39 is 10.0 Å². The van der Waals surface area contributed by atoms with Gasteiger partial charge < -0.3 is 5.32 Å². The number of benzene rings is 1. The maximum atomic E-state index is 12.2. The van der Waals surface area contributed by atoms with Gasteiger partial charge in [0.1, 0.15) is 4.21 Å². The minimum Gasteiger partial charge on any atom is -0.324 e. The zero-order chi connectivity index (χ0) is 15.5. The highest BCUT2D eigenvalue weighted by Gasteiger charge is 2.23. The molecule has 112 valence electrons. The van der Waals surface area contributed by atoms with Crippen LogP contribution in [0.3, 0.4) is 0 Å². The van der Waals surface area contributed by atoms with E-state index in [0.717, 1.165) is 19.2 Å². The molecule has 0 fully saturated rings. The summed E-state index contributed by atoms with van der Waals surface area (Å²) < 4.78 is 26.6. The highest BCUT2D eigenvalue weighted by molar-refractivity contribution is 14.1. The van der Waals surface area contributed by atoms with Crippen LogP contribution in [0.25, 0.3) is 0 Å². The Morgan fingerprint density at radius 2 is 2.00 bits per heavy atom. The Morgan fingerprint density at radius 3 is 2.62 bits per heavy atom. The van der Waals surface area contributed by atoms with E-state index in [1.165, 1.54) is 13.1 Å². The number of likely N-dealkylation sites (N-methyl/N-ethyl adjacent to an activating group) is 1. The van der Waals surface area contributed by atoms with Crippen molar-refractivity contribution in [3.63, 3.8) is 0 Å². The quantitative estimate of drug-likeness (QED) is 0.733. The molecule has 0 bridgehead atoms. The van der Waals surface area contributed by atoms with Crippen LogP contribution in [0.5, 0.6) is 0 Å². The van der Waals surface area contributed by atoms with E-state index in [1.54, 1.807) is 17.5 Å². The summed E-state index contributed by atoms with van der Waals surface area (Å²) in [5.41, 5.74) is 0.671. The Morgan fingerprint density at radius 1 is 1.29 bits per heavy atom. The zero-order valence-electron chi connectivity index (χ0n) is 11.1. The van der Waals surface area contributed by atoms with Gasteiger partial charge in [-0.3, -0.25) is 4.79 Å². The van der Waals surface area contributed by atoms with Gasteiger partial charge in [-0.15, -0.1) is 11.3 Å². The molecule has 5 nitrogen and oxygen atoms in total. The molecule has 2 rings (SSSR count). The molecule has 1 aromatic heterocycles. The normalized spacial score (nSPS) is 11.6. The molecule has 1 N–H and O–H groups in total. The first kappa shape index (κ1) is 16.4. The fourth-order valence-corrected chi connectivity index (χ4v) is 4.45. The van der Waals surface area contributed by atoms with Gasteiger partial charge in [0.15, 0.2) is 0 Å². The van der Waals surface area contributed by atoms with E-state index in [4.69, 9.17) is 0 Å². The van der Waals surface area contributed by atoms with Crippen LogP contribution in [0.2, 0.25) is 0 Å². The van der Waals surface area contributed by atoms with Gasteiger partial charge in [-0.25, -0.2) is 8.42 Å². The van der Waals surface area contributed by atoms with E-state index in [-0.39, 0.29) is 16.7 Å². The van der Waals surface area contributed by atoms with Gasteiger partial charge in [0.05, 0.1) is 12.2 Å². The molecule has 1 aromatic carbocycles. The molecule has 0 saturated heterocycles. The molecule has 1 amide bonds. The molecule has 0 aliphatic heterocycles. The van der Waals surface area contributed by atoms with E-state index in [2.05, 4.69) is 27.9 Å². The number of halogens is 1. The van der Waals surface area contributed by atoms with Crippen LogP contribution in [0.4, 0.5) is 5.69 Å². The predicted molar refractivity (Wildman–Crippen MR) is 91.9 cm³/mol. The number of nitrogens with zero attached hydrogens (tertiary/aromatic N) is 1. The summed E-state index contributed by atoms with van der Waals surface area (Å²) in [7, 11) is -2.21. The number of carbonyl (C=O) groups excluding carboxylic acids is 1. The van der Waals surface area contributed by atoms with Gasteiger partial charge in [-0.2, -0.15) is 4.31 Å². The largest absolute Gasteiger partial charge is 0.324 e. The van der Waals surface area contributed by atoms with E-state index in [1.807, 2.05) is 18.2 Å². The number of sulfonamides is 1. The number of nitrogens with one attached hydrogen (secondary N) is 1. The summed E-state index contributed by atoms with van der Waals surface area (Å²) >= 11 is 3.24. The summed E-state index contributed by atoms with van der Waals surface area (Å²) in [5, 5.41) is 4.40. The van der Waals surface area contributed by atoms with Crippen molar-refractivity contribution in [2.24, 2.45) is 0 Å². The average Bonchev–Trinajstić information content (AvgIpc) is 2.96. The van der Waals surface area contributed by atoms with E-state index in [0.29, 0.717) is 5.69 Å². The molecular formula is C13H13IN2O3S2. The maximum Gasteiger partial charge on any atom is 0.252 e. The molecule has 0 aliphatic rings. The highest BCUT2D eigenvalue weighted by atomic mass is 127. The number of carbonyl (C=O) groups is 1. The minimum atomic E-state index is -3.60. The Labute approximate surface area is 141 Å². The van der Waals surface area contributed by atoms with Crippen molar-refractivity contribution in [3.05, 3.63) is 45.3 Å². The second kappa shape index (κ2) is 6.86. The van der Waals surface area contributed by atoms with Crippen molar-refractivity contribution in [2.75, 3.05) is 18.9 Å². The summed E-state index contributed by atoms with van der Waals surface area (Å²) in [6.45, 7) is -0.231. The van der Waals surface area contributed by atoms with Crippen molar-refractivity contribution < 1.29 is 13.2 Å². The average molecular weight is 436 g/mol. The predicted octanol–water partition coefficient (Wildman–Crippen LogP) is 2.61. The first-order chi connectivity index (χ1) is 9.91. The number of para-hydroxylation sites is 1. The SMILES string of the molecule is CN(CC(=O)Nc1ccccc1I)S(=O)(=O)c1cccs1. The third-order valence-electron chi connectivity index (χ3n) is 2.67. The highest BCUT2D eigenvalue weighted by Crippen LogP contribution is 2.20. The summed E-state index contributed by atoms with van der Waals surface area (Å²) in [5.74, 6) is -0.373. The van der Waals surface area contributed by atoms with E-state index in [9.17, 15) is 13.2 Å². The van der Waals surface area contributed by atoms with Crippen molar-refractivity contribution in [3.8, 4) is 0 Å². The van der Waals surface area contributed by atoms with Gasteiger partial charge in [0, 0.05) is 10.6 Å². The van der Waals surface area contributed by atoms with Gasteiger partial charge >= 0.3 is 0 Å². The molecule has 0 unspecified atom stereocenters. The standard InChI is InChI=1S/C13H13IN2O3S2/c1-16(21(18,19)13-7-4-8-20-13)9-12(17)15-11-6-3-2-5-10(11)14/h2-8H,9H2,1H3,(H,15,17). The van der Waals surface area contributed by atoms with Crippen LogP contribution in [-0.4, -0.2) is 32.2 Å². The van der Waals surface area contributed by atoms with Gasteiger partial charge in [-0.05, 0) is 46.2 Å². The van der Waals surface area contributed by atoms with Crippen molar-refractivity contribution >= 4 is 55.5 Å². The van der Waals surface area contributed by atoms with Crippen LogP contribution in [-0.2, 0) is 14.8 Å². The molecule has 21 heavy (non-hydrogen) atoms. The van der Waals surface area contributed by atoms with Gasteiger partial charge in [0.2, 0.25) is 5.91 Å². The summed E-state index contributed by atoms with van der Waals surface area (Å²) in [6.07, 6.45) is 0. The molecule has 0 radical (unpaired) electrons. The lowest BCUT2D eigenvalue weighted by Crippen LogP contribution is -2.34. The monoisotopic (exact) mass is 436 g/mol. The Hall–Kier alpha value is -0.970. The first-order valence-electron chi connectivity index (χ1n) is 5.95. The number of rotatable bonds is 5. The smallest absolute Gasteiger partial charge is 0.252 e. The van der Waals surface area contributed by atoms with Crippen LogP contribution in [0.15, 0.2) is 46.0 Å². The van der Waals surface area contributed by atoms with Crippen molar-refractivity contribution in [1.82, 2.24) is 4.31 Å². The number of hydrogen-bond donors (Lipinski definition) is 1. The lowest BCUT2D eigenvalue weighted by Gasteiger charge is -2.16. The lowest BCUT2D eigenvalue weighted by molar-refractivity contribution is -0.116. The van der Waals surface area contributed by atoms with Gasteiger partial charge in [-0.1, -0.05) is 18.2 Å². The minimum absolute atomic E-state index is 0.229. The molecule has 1 heterocycles. The first-order valence-corrected chi connectivity index (χ1v) is 9.35. The number of hydrogen-bond acceptors (Lipinski definition) is 4. The number of anilines is 1. The van der Waals surface area contributed by atoms with Crippen LogP contribution in [0.1, 0.15) is 0 Å². The Kier molecular flexibility index (Phi) is 5.36. The number of thiophene rings is 1. The molecule has 0 atom stereocenters. The zero-order valence-corrected chi connectivity index (χ0v) is 14.9. The van der Waals surface area contributed by atoms with Crippen molar-refractivity contribution in [2.45, 2.75) is 4.21 Å². The number of amides is 1. The Bertz CT molecular complexity index is 730. The summed E-state index contributed by atoms with van der Waals surface area (Å²) in [6, 6.07) is 10.5. The maximum absolute atomic E-state index is 12.2. The molecular weight excluding hydrogens is 423 g/mol. The Balaban J connectivity index is 2.05. The lowest BCUT2D eigenvalue weighted by atomic mass is 10.3. The molecule has 0 aliphatic carbocycles. The van der Waals surface area contributed by atoms with Crippen LogP contribution >= 0.6 is 33.9 Å². The molecule has 2 aromatic rings. The fourth-order valence-electron chi connectivity index (χ4n) is 1.60. The summed E-state index contributed by atoms with van der Waals surface area (Å²) in [4.78, 5) is 12.0. The van der Waals surface area contributed by atoms with Crippen molar-refractivity contribution in [1.29, 1.82) is 0 Å². The second-order valence-corrected chi connectivity index (χ2v) is 8.60. The van der Waals surface area contributed by atoms with Crippen LogP contribution < -0.4 is 5.32 Å². The third-order valence-corrected chi connectivity index (χ3v) is 6.79.